The van der Waals surface area contributed by atoms with Gasteiger partial charge in [-0.3, -0.25) is 19.3 Å². The highest BCUT2D eigenvalue weighted by Gasteiger charge is 2.40. The van der Waals surface area contributed by atoms with E-state index in [1.165, 1.54) is 11.8 Å². The molecule has 2 aromatic carbocycles. The van der Waals surface area contributed by atoms with Crippen LogP contribution in [0.1, 0.15) is 31.4 Å². The fraction of sp³-hybridized carbons (Fsp3) is 0.261. The fourth-order valence-electron chi connectivity index (χ4n) is 3.46. The molecule has 0 unspecified atom stereocenters. The highest BCUT2D eigenvalue weighted by Crippen LogP contribution is 2.32. The molecule has 0 aliphatic carbocycles. The molecule has 0 fully saturated rings. The van der Waals surface area contributed by atoms with Crippen LogP contribution in [0.4, 0.5) is 5.69 Å². The summed E-state index contributed by atoms with van der Waals surface area (Å²) in [7, 11) is 1.83. The Balaban J connectivity index is 2.00. The molecule has 0 bridgehead atoms. The Morgan fingerprint density at radius 1 is 1.00 bits per heavy atom. The number of likely N-dealkylation sites (N-methyl/N-ethyl adjacent to an activating group) is 1. The highest BCUT2D eigenvalue weighted by atomic mass is 16.2. The van der Waals surface area contributed by atoms with Crippen LogP contribution < -0.4 is 5.32 Å². The maximum Gasteiger partial charge on any atom is 0.277 e. The van der Waals surface area contributed by atoms with E-state index in [0.29, 0.717) is 42.0 Å². The number of rotatable bonds is 7. The summed E-state index contributed by atoms with van der Waals surface area (Å²) in [6, 6.07) is 16.8. The molecule has 0 atom stereocenters. The van der Waals surface area contributed by atoms with Crippen LogP contribution in [-0.2, 0) is 20.9 Å². The van der Waals surface area contributed by atoms with Gasteiger partial charge < -0.3 is 10.2 Å². The first-order valence-corrected chi connectivity index (χ1v) is 9.66. The number of anilines is 1. The Bertz CT molecular complexity index is 949. The molecule has 0 radical (unpaired) electrons. The smallest absolute Gasteiger partial charge is 0.277 e. The third-order valence-corrected chi connectivity index (χ3v) is 4.73. The molecule has 3 amide bonds. The molecule has 0 saturated carbocycles. The number of carbonyl (C=O) groups excluding carboxylic acids is 3. The van der Waals surface area contributed by atoms with Crippen LogP contribution in [0.3, 0.4) is 0 Å². The van der Waals surface area contributed by atoms with Crippen molar-refractivity contribution in [3.05, 3.63) is 71.4 Å². The Hall–Kier alpha value is -3.41. The number of hydrogen-bond acceptors (Lipinski definition) is 4. The lowest BCUT2D eigenvalue weighted by molar-refractivity contribution is -0.137. The molecule has 3 rings (SSSR count). The van der Waals surface area contributed by atoms with E-state index in [-0.39, 0.29) is 17.7 Å². The molecule has 0 aromatic heterocycles. The second kappa shape index (κ2) is 8.73. The van der Waals surface area contributed by atoms with Crippen LogP contribution in [0.2, 0.25) is 0 Å². The molecular formula is C23H25N3O3. The first-order valence-electron chi connectivity index (χ1n) is 9.66. The molecule has 1 aliphatic rings. The van der Waals surface area contributed by atoms with E-state index in [4.69, 9.17) is 0 Å². The molecule has 150 valence electrons. The molecule has 0 saturated heterocycles. The van der Waals surface area contributed by atoms with Crippen molar-refractivity contribution in [2.45, 2.75) is 26.8 Å². The van der Waals surface area contributed by atoms with Crippen LogP contribution >= 0.6 is 0 Å². The summed E-state index contributed by atoms with van der Waals surface area (Å²) in [6.45, 7) is 4.28. The van der Waals surface area contributed by atoms with Gasteiger partial charge >= 0.3 is 0 Å². The highest BCUT2D eigenvalue weighted by molar-refractivity contribution is 6.35. The predicted octanol–water partition coefficient (Wildman–Crippen LogP) is 3.27. The van der Waals surface area contributed by atoms with E-state index < -0.39 is 0 Å². The van der Waals surface area contributed by atoms with Crippen LogP contribution in [0, 0.1) is 0 Å². The number of nitrogens with zero attached hydrogens (tertiary/aromatic N) is 2. The molecular weight excluding hydrogens is 366 g/mol. The van der Waals surface area contributed by atoms with Gasteiger partial charge in [0.1, 0.15) is 5.70 Å². The van der Waals surface area contributed by atoms with Gasteiger partial charge in [0.05, 0.1) is 5.57 Å². The lowest BCUT2D eigenvalue weighted by Crippen LogP contribution is -2.34. The lowest BCUT2D eigenvalue weighted by Gasteiger charge is -2.21. The summed E-state index contributed by atoms with van der Waals surface area (Å²) in [5.41, 5.74) is 3.15. The number of hydrogen-bond donors (Lipinski definition) is 1. The van der Waals surface area contributed by atoms with Crippen LogP contribution in [0.5, 0.6) is 0 Å². The van der Waals surface area contributed by atoms with Crippen molar-refractivity contribution in [3.63, 3.8) is 0 Å². The van der Waals surface area contributed by atoms with Gasteiger partial charge in [-0.2, -0.15) is 0 Å². The molecule has 6 nitrogen and oxygen atoms in total. The Labute approximate surface area is 170 Å². The van der Waals surface area contributed by atoms with E-state index in [1.54, 1.807) is 24.3 Å². The van der Waals surface area contributed by atoms with Gasteiger partial charge in [-0.05, 0) is 29.7 Å². The van der Waals surface area contributed by atoms with Crippen molar-refractivity contribution < 1.29 is 14.4 Å². The number of benzene rings is 2. The Morgan fingerprint density at radius 3 is 2.24 bits per heavy atom. The fourth-order valence-corrected chi connectivity index (χ4v) is 3.46. The van der Waals surface area contributed by atoms with Crippen LogP contribution in [0.25, 0.3) is 5.57 Å². The summed E-state index contributed by atoms with van der Waals surface area (Å²) in [6.07, 6.45) is 0.696. The van der Waals surface area contributed by atoms with E-state index >= 15 is 0 Å². The zero-order valence-corrected chi connectivity index (χ0v) is 16.9. The van der Waals surface area contributed by atoms with Crippen LogP contribution in [0.15, 0.2) is 60.3 Å². The third kappa shape index (κ3) is 4.37. The minimum absolute atomic E-state index is 0.165. The monoisotopic (exact) mass is 391 g/mol. The number of amides is 3. The summed E-state index contributed by atoms with van der Waals surface area (Å²) < 4.78 is 0. The Kier molecular flexibility index (Phi) is 6.12. The number of nitrogens with one attached hydrogen (secondary N) is 1. The predicted molar refractivity (Wildman–Crippen MR) is 113 cm³/mol. The van der Waals surface area contributed by atoms with Crippen molar-refractivity contribution in [1.82, 2.24) is 9.80 Å². The van der Waals surface area contributed by atoms with Gasteiger partial charge in [-0.15, -0.1) is 0 Å². The van der Waals surface area contributed by atoms with Gasteiger partial charge in [-0.1, -0.05) is 49.4 Å². The molecule has 6 heteroatoms. The first-order chi connectivity index (χ1) is 13.9. The second-order valence-electron chi connectivity index (χ2n) is 7.09. The topological polar surface area (TPSA) is 69.7 Å². The molecule has 0 spiro atoms. The summed E-state index contributed by atoms with van der Waals surface area (Å²) in [5, 5.41) is 2.71. The van der Waals surface area contributed by atoms with E-state index in [1.807, 2.05) is 49.2 Å². The SMILES string of the molecule is CCCN1C(=O)C(c2ccc(NC(C)=O)cc2)=C(N(C)Cc2ccccc2)C1=O. The average molecular weight is 391 g/mol. The second-order valence-corrected chi connectivity index (χ2v) is 7.09. The third-order valence-electron chi connectivity index (χ3n) is 4.73. The number of carbonyl (C=O) groups is 3. The Morgan fingerprint density at radius 2 is 1.66 bits per heavy atom. The minimum atomic E-state index is -0.279. The van der Waals surface area contributed by atoms with Gasteiger partial charge in [0, 0.05) is 32.7 Å². The van der Waals surface area contributed by atoms with Gasteiger partial charge in [0.25, 0.3) is 11.8 Å². The summed E-state index contributed by atoms with van der Waals surface area (Å²) in [4.78, 5) is 40.6. The molecule has 29 heavy (non-hydrogen) atoms. The molecule has 2 aromatic rings. The van der Waals surface area contributed by atoms with Crippen LogP contribution in [-0.4, -0.2) is 41.1 Å². The van der Waals surface area contributed by atoms with Gasteiger partial charge in [-0.25, -0.2) is 0 Å². The first kappa shape index (κ1) is 20.3. The quantitative estimate of drug-likeness (QED) is 0.736. The largest absolute Gasteiger partial charge is 0.365 e. The zero-order valence-electron chi connectivity index (χ0n) is 16.9. The van der Waals surface area contributed by atoms with Crippen molar-refractivity contribution in [2.24, 2.45) is 0 Å². The van der Waals surface area contributed by atoms with E-state index in [0.717, 1.165) is 5.56 Å². The summed E-state index contributed by atoms with van der Waals surface area (Å²) >= 11 is 0. The van der Waals surface area contributed by atoms with E-state index in [9.17, 15) is 14.4 Å². The van der Waals surface area contributed by atoms with Crippen molar-refractivity contribution in [1.29, 1.82) is 0 Å². The maximum absolute atomic E-state index is 13.1. The molecule has 1 N–H and O–H groups in total. The number of imide groups is 1. The standard InChI is InChI=1S/C23H25N3O3/c1-4-14-26-22(28)20(18-10-12-19(13-11-18)24-16(2)27)21(23(26)29)25(3)15-17-8-6-5-7-9-17/h5-13H,4,14-15H2,1-3H3,(H,24,27). The minimum Gasteiger partial charge on any atom is -0.365 e. The van der Waals surface area contributed by atoms with Crippen molar-refractivity contribution in [2.75, 3.05) is 18.9 Å². The molecule has 1 heterocycles. The molecule has 1 aliphatic heterocycles. The average Bonchev–Trinajstić information content (AvgIpc) is 2.94. The normalized spacial score (nSPS) is 13.8. The maximum atomic E-state index is 13.1. The zero-order chi connectivity index (χ0) is 21.0. The van der Waals surface area contributed by atoms with Crippen molar-refractivity contribution >= 4 is 29.0 Å². The van der Waals surface area contributed by atoms with Gasteiger partial charge in [0.2, 0.25) is 5.91 Å². The van der Waals surface area contributed by atoms with Gasteiger partial charge in [0.15, 0.2) is 0 Å². The van der Waals surface area contributed by atoms with Crippen molar-refractivity contribution in [3.8, 4) is 0 Å². The van der Waals surface area contributed by atoms with E-state index in [2.05, 4.69) is 5.32 Å². The summed E-state index contributed by atoms with van der Waals surface area (Å²) in [5.74, 6) is -0.711. The lowest BCUT2D eigenvalue weighted by atomic mass is 10.0.